The molecule has 3 amide bonds. The van der Waals surface area contributed by atoms with E-state index < -0.39 is 29.6 Å². The summed E-state index contributed by atoms with van der Waals surface area (Å²) in [5, 5.41) is 2.48. The highest BCUT2D eigenvalue weighted by atomic mass is 16.6. The van der Waals surface area contributed by atoms with E-state index in [0.717, 1.165) is 0 Å². The van der Waals surface area contributed by atoms with Gasteiger partial charge in [0.05, 0.1) is 26.9 Å². The molecule has 0 saturated carbocycles. The van der Waals surface area contributed by atoms with E-state index in [4.69, 9.17) is 9.47 Å². The first-order valence-corrected chi connectivity index (χ1v) is 9.20. The molecule has 1 rings (SSSR count). The zero-order valence-electron chi connectivity index (χ0n) is 17.3. The summed E-state index contributed by atoms with van der Waals surface area (Å²) in [7, 11) is 2.72. The number of morpholine rings is 1. The van der Waals surface area contributed by atoms with Gasteiger partial charge in [0.15, 0.2) is 0 Å². The maximum absolute atomic E-state index is 12.8. The van der Waals surface area contributed by atoms with Crippen molar-refractivity contribution in [1.82, 2.24) is 15.1 Å². The molecule has 0 spiro atoms. The molecule has 10 nitrogen and oxygen atoms in total. The van der Waals surface area contributed by atoms with Crippen molar-refractivity contribution in [2.75, 3.05) is 47.0 Å². The van der Waals surface area contributed by atoms with Crippen LogP contribution in [0.2, 0.25) is 0 Å². The number of methoxy groups -OCH3 is 1. The second kappa shape index (κ2) is 10.8. The highest BCUT2D eigenvalue weighted by Crippen LogP contribution is 2.09. The van der Waals surface area contributed by atoms with Gasteiger partial charge in [-0.25, -0.2) is 4.79 Å². The Bertz CT molecular complexity index is 568. The molecule has 28 heavy (non-hydrogen) atoms. The lowest BCUT2D eigenvalue weighted by Gasteiger charge is -2.30. The third kappa shape index (κ3) is 8.55. The van der Waals surface area contributed by atoms with Crippen molar-refractivity contribution in [3.8, 4) is 0 Å². The largest absolute Gasteiger partial charge is 0.469 e. The number of likely N-dealkylation sites (N-methyl/N-ethyl adjacent to an activating group) is 1. The normalized spacial score (nSPS) is 15.4. The van der Waals surface area contributed by atoms with Crippen LogP contribution >= 0.6 is 0 Å². The molecular weight excluding hydrogens is 370 g/mol. The summed E-state index contributed by atoms with van der Waals surface area (Å²) < 4.78 is 15.0. The average Bonchev–Trinajstić information content (AvgIpc) is 2.63. The highest BCUT2D eigenvalue weighted by Gasteiger charge is 2.29. The number of nitrogens with one attached hydrogen (secondary N) is 1. The molecule has 0 radical (unpaired) electrons. The molecular formula is C18H31N3O7. The van der Waals surface area contributed by atoms with Crippen LogP contribution in [0.1, 0.15) is 33.6 Å². The fourth-order valence-corrected chi connectivity index (χ4v) is 2.53. The number of hydrogen-bond acceptors (Lipinski definition) is 7. The Balaban J connectivity index is 2.73. The third-order valence-corrected chi connectivity index (χ3v) is 3.97. The average molecular weight is 401 g/mol. The number of esters is 1. The summed E-state index contributed by atoms with van der Waals surface area (Å²) >= 11 is 0. The zero-order valence-corrected chi connectivity index (χ0v) is 17.3. The van der Waals surface area contributed by atoms with Crippen molar-refractivity contribution in [2.45, 2.75) is 45.3 Å². The van der Waals surface area contributed by atoms with Crippen LogP contribution in [0, 0.1) is 0 Å². The SMILES string of the molecule is COC(=O)CC[C@H](NC(=O)OC(C)(C)C)C(=O)N(C)CC(=O)N1CCOCC1. The van der Waals surface area contributed by atoms with Gasteiger partial charge in [0, 0.05) is 26.6 Å². The lowest BCUT2D eigenvalue weighted by Crippen LogP contribution is -2.52. The summed E-state index contributed by atoms with van der Waals surface area (Å²) in [6.45, 7) is 6.84. The number of nitrogens with zero attached hydrogens (tertiary/aromatic N) is 2. The maximum atomic E-state index is 12.8. The Kier molecular flexibility index (Phi) is 9.17. The van der Waals surface area contributed by atoms with Gasteiger partial charge in [-0.1, -0.05) is 0 Å². The number of hydrogen-bond donors (Lipinski definition) is 1. The van der Waals surface area contributed by atoms with Gasteiger partial charge in [-0.3, -0.25) is 14.4 Å². The number of carbonyl (C=O) groups excluding carboxylic acids is 4. The molecule has 0 aromatic rings. The fraction of sp³-hybridized carbons (Fsp3) is 0.778. The van der Waals surface area contributed by atoms with Crippen molar-refractivity contribution in [3.63, 3.8) is 0 Å². The van der Waals surface area contributed by atoms with Crippen LogP contribution in [0.15, 0.2) is 0 Å². The summed E-state index contributed by atoms with van der Waals surface area (Å²) in [6.07, 6.45) is -0.807. The predicted octanol–water partition coefficient (Wildman–Crippen LogP) is 0.150. The van der Waals surface area contributed by atoms with Gasteiger partial charge in [-0.2, -0.15) is 0 Å². The Hall–Kier alpha value is -2.36. The first-order valence-electron chi connectivity index (χ1n) is 9.20. The second-order valence-electron chi connectivity index (χ2n) is 7.50. The quantitative estimate of drug-likeness (QED) is 0.604. The topological polar surface area (TPSA) is 114 Å². The van der Waals surface area contributed by atoms with Gasteiger partial charge in [-0.05, 0) is 27.2 Å². The van der Waals surface area contributed by atoms with Crippen LogP contribution in [0.5, 0.6) is 0 Å². The van der Waals surface area contributed by atoms with Crippen LogP contribution in [0.25, 0.3) is 0 Å². The van der Waals surface area contributed by atoms with E-state index in [0.29, 0.717) is 26.3 Å². The van der Waals surface area contributed by atoms with Crippen molar-refractivity contribution in [2.24, 2.45) is 0 Å². The van der Waals surface area contributed by atoms with Crippen LogP contribution in [-0.2, 0) is 28.6 Å². The van der Waals surface area contributed by atoms with Crippen LogP contribution in [-0.4, -0.2) is 92.3 Å². The molecule has 0 bridgehead atoms. The Morgan fingerprint density at radius 1 is 1.18 bits per heavy atom. The molecule has 1 saturated heterocycles. The van der Waals surface area contributed by atoms with Crippen molar-refractivity contribution in [3.05, 3.63) is 0 Å². The molecule has 160 valence electrons. The predicted molar refractivity (Wildman–Crippen MR) is 99.4 cm³/mol. The summed E-state index contributed by atoms with van der Waals surface area (Å²) in [5.74, 6) is -1.20. The molecule has 1 fully saturated rings. The van der Waals surface area contributed by atoms with E-state index in [-0.39, 0.29) is 25.3 Å². The Morgan fingerprint density at radius 3 is 2.32 bits per heavy atom. The number of rotatable bonds is 7. The lowest BCUT2D eigenvalue weighted by atomic mass is 10.1. The minimum atomic E-state index is -1.02. The standard InChI is InChI=1S/C18H31N3O7/c1-18(2,3)28-17(25)19-13(6-7-15(23)26-5)16(24)20(4)12-14(22)21-8-10-27-11-9-21/h13H,6-12H2,1-5H3,(H,19,25)/t13-/m0/s1. The molecule has 0 unspecified atom stereocenters. The number of alkyl carbamates (subject to hydrolysis) is 1. The molecule has 1 aliphatic rings. The molecule has 0 aliphatic carbocycles. The Labute approximate surface area is 165 Å². The first kappa shape index (κ1) is 23.7. The van der Waals surface area contributed by atoms with Crippen molar-refractivity contribution < 1.29 is 33.4 Å². The second-order valence-corrected chi connectivity index (χ2v) is 7.50. The molecule has 1 N–H and O–H groups in total. The van der Waals surface area contributed by atoms with Gasteiger partial charge >= 0.3 is 12.1 Å². The highest BCUT2D eigenvalue weighted by molar-refractivity contribution is 5.89. The summed E-state index contributed by atoms with van der Waals surface area (Å²) in [4.78, 5) is 51.5. The lowest BCUT2D eigenvalue weighted by molar-refractivity contribution is -0.144. The molecule has 0 aromatic heterocycles. The summed E-state index contributed by atoms with van der Waals surface area (Å²) in [5.41, 5.74) is -0.738. The zero-order chi connectivity index (χ0) is 21.3. The summed E-state index contributed by atoms with van der Waals surface area (Å²) in [6, 6.07) is -1.02. The first-order chi connectivity index (χ1) is 13.0. The molecule has 10 heteroatoms. The van der Waals surface area contributed by atoms with E-state index >= 15 is 0 Å². The smallest absolute Gasteiger partial charge is 0.408 e. The van der Waals surface area contributed by atoms with Crippen molar-refractivity contribution >= 4 is 23.9 Å². The van der Waals surface area contributed by atoms with Crippen LogP contribution in [0.4, 0.5) is 4.79 Å². The third-order valence-electron chi connectivity index (χ3n) is 3.97. The molecule has 1 atom stereocenters. The number of amides is 3. The molecule has 1 aliphatic heterocycles. The van der Waals surface area contributed by atoms with E-state index in [9.17, 15) is 19.2 Å². The Morgan fingerprint density at radius 2 is 1.79 bits per heavy atom. The number of ether oxygens (including phenoxy) is 3. The maximum Gasteiger partial charge on any atom is 0.408 e. The van der Waals surface area contributed by atoms with Gasteiger partial charge < -0.3 is 29.3 Å². The fourth-order valence-electron chi connectivity index (χ4n) is 2.53. The van der Waals surface area contributed by atoms with Gasteiger partial charge in [0.25, 0.3) is 0 Å². The minimum Gasteiger partial charge on any atom is -0.469 e. The van der Waals surface area contributed by atoms with E-state index in [1.54, 1.807) is 25.7 Å². The van der Waals surface area contributed by atoms with E-state index in [1.807, 2.05) is 0 Å². The van der Waals surface area contributed by atoms with Gasteiger partial charge in [0.1, 0.15) is 11.6 Å². The number of carbonyl (C=O) groups is 4. The molecule has 0 aromatic carbocycles. The van der Waals surface area contributed by atoms with Crippen molar-refractivity contribution in [1.29, 1.82) is 0 Å². The monoisotopic (exact) mass is 401 g/mol. The molecule has 1 heterocycles. The van der Waals surface area contributed by atoms with E-state index in [1.165, 1.54) is 19.1 Å². The van der Waals surface area contributed by atoms with Gasteiger partial charge in [-0.15, -0.1) is 0 Å². The van der Waals surface area contributed by atoms with Gasteiger partial charge in [0.2, 0.25) is 11.8 Å². The van der Waals surface area contributed by atoms with E-state index in [2.05, 4.69) is 10.1 Å². The van der Waals surface area contributed by atoms with Crippen LogP contribution in [0.3, 0.4) is 0 Å². The van der Waals surface area contributed by atoms with Crippen LogP contribution < -0.4 is 5.32 Å². The minimum absolute atomic E-state index is 0.0286.